The first kappa shape index (κ1) is 15.7. The van der Waals surface area contributed by atoms with Gasteiger partial charge in [-0.2, -0.15) is 0 Å². The molecule has 1 rings (SSSR count). The lowest BCUT2D eigenvalue weighted by Gasteiger charge is -2.13. The number of carboxylic acid groups (broad SMARTS) is 1. The van der Waals surface area contributed by atoms with Crippen molar-refractivity contribution < 1.29 is 29.4 Å². The van der Waals surface area contributed by atoms with Gasteiger partial charge in [-0.1, -0.05) is 6.07 Å². The number of rotatable bonds is 6. The van der Waals surface area contributed by atoms with E-state index >= 15 is 0 Å². The number of hydrogen-bond acceptors (Lipinski definition) is 4. The van der Waals surface area contributed by atoms with Crippen LogP contribution in [0.25, 0.3) is 0 Å². The molecular weight excluding hydrogens is 273 g/mol. The van der Waals surface area contributed by atoms with Crippen molar-refractivity contribution in [2.24, 2.45) is 5.73 Å². The van der Waals surface area contributed by atoms with Crippen LogP contribution in [0.3, 0.4) is 0 Å². The minimum atomic E-state index is -4.13. The van der Waals surface area contributed by atoms with E-state index in [1.54, 1.807) is 0 Å². The van der Waals surface area contributed by atoms with Gasteiger partial charge in [0.2, 0.25) is 0 Å². The van der Waals surface area contributed by atoms with Crippen molar-refractivity contribution in [1.82, 2.24) is 0 Å². The predicted molar refractivity (Wildman–Crippen MR) is 68.0 cm³/mol. The van der Waals surface area contributed by atoms with Crippen LogP contribution in [0.5, 0.6) is 5.75 Å². The molecule has 19 heavy (non-hydrogen) atoms. The largest absolute Gasteiger partial charge is 0.508 e. The quantitative estimate of drug-likeness (QED) is 0.466. The van der Waals surface area contributed by atoms with Crippen LogP contribution in [0.2, 0.25) is 0 Å². The minimum Gasteiger partial charge on any atom is -0.508 e. The lowest BCUT2D eigenvalue weighted by Crippen LogP contribution is -2.32. The Labute approximate surface area is 109 Å². The van der Waals surface area contributed by atoms with Crippen LogP contribution in [0.1, 0.15) is 11.1 Å². The molecule has 0 heterocycles. The van der Waals surface area contributed by atoms with Crippen molar-refractivity contribution in [3.63, 3.8) is 0 Å². The van der Waals surface area contributed by atoms with Gasteiger partial charge in [0.1, 0.15) is 11.8 Å². The van der Waals surface area contributed by atoms with Gasteiger partial charge in [-0.25, -0.2) is 0 Å². The third kappa shape index (κ3) is 5.40. The van der Waals surface area contributed by atoms with Crippen LogP contribution in [0.4, 0.5) is 0 Å². The molecule has 0 fully saturated rings. The number of aromatic hydroxyl groups is 1. The third-order valence-electron chi connectivity index (χ3n) is 2.62. The topological polar surface area (TPSA) is 141 Å². The van der Waals surface area contributed by atoms with Gasteiger partial charge in [-0.3, -0.25) is 9.36 Å². The Balaban J connectivity index is 2.91. The van der Waals surface area contributed by atoms with E-state index in [1.165, 1.54) is 18.2 Å². The van der Waals surface area contributed by atoms with Crippen molar-refractivity contribution in [1.29, 1.82) is 0 Å². The Kier molecular flexibility index (Phi) is 5.08. The Morgan fingerprint density at radius 2 is 1.95 bits per heavy atom. The molecule has 0 aliphatic carbocycles. The van der Waals surface area contributed by atoms with E-state index in [9.17, 15) is 14.5 Å². The van der Waals surface area contributed by atoms with Gasteiger partial charge in [-0.15, -0.1) is 0 Å². The molecule has 0 aromatic heterocycles. The maximum atomic E-state index is 10.8. The molecular formula is C11H16NO6P. The average Bonchev–Trinajstić information content (AvgIpc) is 2.26. The summed E-state index contributed by atoms with van der Waals surface area (Å²) < 4.78 is 10.8. The van der Waals surface area contributed by atoms with Gasteiger partial charge in [0.15, 0.2) is 0 Å². The van der Waals surface area contributed by atoms with Gasteiger partial charge >= 0.3 is 13.6 Å². The fraction of sp³-hybridized carbons (Fsp3) is 0.364. The zero-order valence-electron chi connectivity index (χ0n) is 10.1. The fourth-order valence-corrected chi connectivity index (χ4v) is 2.17. The summed E-state index contributed by atoms with van der Waals surface area (Å²) in [4.78, 5) is 28.4. The predicted octanol–water partition coefficient (Wildman–Crippen LogP) is 0.0668. The van der Waals surface area contributed by atoms with Crippen LogP contribution in [0.15, 0.2) is 18.2 Å². The second-order valence-corrected chi connectivity index (χ2v) is 6.02. The number of carbonyl (C=O) groups is 1. The summed E-state index contributed by atoms with van der Waals surface area (Å²) in [5, 5.41) is 18.1. The van der Waals surface area contributed by atoms with E-state index in [0.29, 0.717) is 11.1 Å². The standard InChI is InChI=1S/C11H16NO6P/c12-10(11(14)15)6-8-5-9(13)2-1-7(8)3-4-19(16,17)18/h1-2,5,10,13H,3-4,6,12H2,(H,14,15)(H2,16,17,18). The Bertz CT molecular complexity index is 512. The van der Waals surface area contributed by atoms with E-state index in [2.05, 4.69) is 0 Å². The molecule has 6 N–H and O–H groups in total. The Hall–Kier alpha value is -1.40. The van der Waals surface area contributed by atoms with Crippen molar-refractivity contribution in [2.75, 3.05) is 6.16 Å². The smallest absolute Gasteiger partial charge is 0.325 e. The number of phenols is 1. The highest BCUT2D eigenvalue weighted by Gasteiger charge is 2.18. The van der Waals surface area contributed by atoms with Gasteiger partial charge < -0.3 is 25.7 Å². The molecule has 0 aliphatic rings. The number of hydrogen-bond donors (Lipinski definition) is 5. The molecule has 1 atom stereocenters. The summed E-state index contributed by atoms with van der Waals surface area (Å²) in [6, 6.07) is 3.12. The SMILES string of the molecule is NC(Cc1cc(O)ccc1CCP(=O)(O)O)C(=O)O. The number of nitrogens with two attached hydrogens (primary N) is 1. The highest BCUT2D eigenvalue weighted by atomic mass is 31.2. The first-order valence-electron chi connectivity index (χ1n) is 5.53. The molecule has 0 saturated carbocycles. The Morgan fingerprint density at radius 1 is 1.32 bits per heavy atom. The molecule has 0 bridgehead atoms. The Morgan fingerprint density at radius 3 is 2.47 bits per heavy atom. The van der Waals surface area contributed by atoms with Crippen LogP contribution in [0, 0.1) is 0 Å². The van der Waals surface area contributed by atoms with E-state index < -0.39 is 19.6 Å². The van der Waals surface area contributed by atoms with Crippen LogP contribution >= 0.6 is 7.60 Å². The van der Waals surface area contributed by atoms with Crippen LogP contribution in [-0.2, 0) is 22.2 Å². The van der Waals surface area contributed by atoms with Crippen molar-refractivity contribution in [3.05, 3.63) is 29.3 Å². The van der Waals surface area contributed by atoms with Crippen molar-refractivity contribution in [3.8, 4) is 5.75 Å². The number of phenolic OH excluding ortho intramolecular Hbond substituents is 1. The van der Waals surface area contributed by atoms with Gasteiger partial charge in [0.25, 0.3) is 0 Å². The average molecular weight is 289 g/mol. The fourth-order valence-electron chi connectivity index (χ4n) is 1.64. The highest BCUT2D eigenvalue weighted by molar-refractivity contribution is 7.51. The molecule has 0 radical (unpaired) electrons. The molecule has 7 nitrogen and oxygen atoms in total. The molecule has 1 unspecified atom stereocenters. The normalized spacial score (nSPS) is 13.2. The highest BCUT2D eigenvalue weighted by Crippen LogP contribution is 2.35. The van der Waals surface area contributed by atoms with Crippen LogP contribution < -0.4 is 5.73 Å². The second-order valence-electron chi connectivity index (χ2n) is 4.24. The minimum absolute atomic E-state index is 0.0137. The third-order valence-corrected chi connectivity index (χ3v) is 3.43. The van der Waals surface area contributed by atoms with E-state index in [-0.39, 0.29) is 24.8 Å². The summed E-state index contributed by atoms with van der Waals surface area (Å²) in [6.07, 6.45) is -0.264. The zero-order chi connectivity index (χ0) is 14.6. The lowest BCUT2D eigenvalue weighted by atomic mass is 9.98. The van der Waals surface area contributed by atoms with E-state index in [1.807, 2.05) is 0 Å². The maximum absolute atomic E-state index is 10.8. The molecule has 0 spiro atoms. The van der Waals surface area contributed by atoms with Crippen LogP contribution in [-0.4, -0.2) is 38.2 Å². The molecule has 1 aromatic rings. The van der Waals surface area contributed by atoms with E-state index in [4.69, 9.17) is 20.6 Å². The summed E-state index contributed by atoms with van der Waals surface area (Å²) in [6.45, 7) is 0. The number of aliphatic carboxylic acids is 1. The molecule has 0 aliphatic heterocycles. The number of aryl methyl sites for hydroxylation is 1. The van der Waals surface area contributed by atoms with E-state index in [0.717, 1.165) is 0 Å². The number of carboxylic acids is 1. The molecule has 1 aromatic carbocycles. The summed E-state index contributed by atoms with van der Waals surface area (Å²) in [5.41, 5.74) is 6.46. The van der Waals surface area contributed by atoms with Crippen molar-refractivity contribution >= 4 is 13.6 Å². The monoisotopic (exact) mass is 289 g/mol. The summed E-state index contributed by atoms with van der Waals surface area (Å²) in [5.74, 6) is -1.23. The molecule has 0 amide bonds. The van der Waals surface area contributed by atoms with Gasteiger partial charge in [-0.05, 0) is 36.1 Å². The zero-order valence-corrected chi connectivity index (χ0v) is 11.0. The molecule has 0 saturated heterocycles. The molecule has 8 heteroatoms. The molecule has 106 valence electrons. The van der Waals surface area contributed by atoms with Crippen molar-refractivity contribution in [2.45, 2.75) is 18.9 Å². The van der Waals surface area contributed by atoms with Gasteiger partial charge in [0, 0.05) is 0 Å². The summed E-state index contributed by atoms with van der Waals surface area (Å²) >= 11 is 0. The second kappa shape index (κ2) is 6.16. The maximum Gasteiger partial charge on any atom is 0.325 e. The number of benzene rings is 1. The first-order chi connectivity index (χ1) is 8.69. The first-order valence-corrected chi connectivity index (χ1v) is 7.32. The lowest BCUT2D eigenvalue weighted by molar-refractivity contribution is -0.138. The summed E-state index contributed by atoms with van der Waals surface area (Å²) in [7, 11) is -4.13. The van der Waals surface area contributed by atoms with Gasteiger partial charge in [0.05, 0.1) is 6.16 Å².